The van der Waals surface area contributed by atoms with Crippen LogP contribution in [0.15, 0.2) is 24.3 Å². The number of cyclic esters (lactones) is 1. The van der Waals surface area contributed by atoms with Crippen LogP contribution >= 0.6 is 0 Å². The normalized spacial score (nSPS) is 36.5. The average molecular weight is 589 g/mol. The third-order valence-corrected chi connectivity index (χ3v) is 8.81. The van der Waals surface area contributed by atoms with Gasteiger partial charge in [0.05, 0.1) is 39.0 Å². The summed E-state index contributed by atoms with van der Waals surface area (Å²) in [4.78, 5) is 13.4. The summed E-state index contributed by atoms with van der Waals surface area (Å²) in [6.45, 7) is 1.43. The molecule has 0 aromatic heterocycles. The fourth-order valence-corrected chi connectivity index (χ4v) is 6.79. The molecule has 1 aliphatic carbocycles. The van der Waals surface area contributed by atoms with Gasteiger partial charge in [-0.25, -0.2) is 0 Å². The molecule has 5 aliphatic rings. The molecule has 13 heteroatoms. The lowest BCUT2D eigenvalue weighted by Gasteiger charge is -2.47. The van der Waals surface area contributed by atoms with Crippen LogP contribution < -0.4 is 14.2 Å². The number of methoxy groups -OCH3 is 1. The molecule has 3 fully saturated rings. The minimum atomic E-state index is -1.45. The molecular formula is C29H32O13. The molecule has 4 aliphatic heterocycles. The van der Waals surface area contributed by atoms with E-state index in [1.165, 1.54) is 7.11 Å². The van der Waals surface area contributed by atoms with E-state index in [1.807, 2.05) is 0 Å². The number of fused-ring (bicyclic) bond motifs is 4. The average Bonchev–Trinajstić information content (AvgIpc) is 3.61. The van der Waals surface area contributed by atoms with Crippen molar-refractivity contribution in [2.45, 2.75) is 62.5 Å². The van der Waals surface area contributed by atoms with Gasteiger partial charge in [-0.05, 0) is 47.9 Å². The number of benzene rings is 2. The predicted octanol–water partition coefficient (Wildman–Crippen LogP) is 0.822. The first-order valence-corrected chi connectivity index (χ1v) is 13.8. The van der Waals surface area contributed by atoms with Gasteiger partial charge < -0.3 is 58.3 Å². The summed E-state index contributed by atoms with van der Waals surface area (Å²) in [6, 6.07) is 6.83. The third-order valence-electron chi connectivity index (χ3n) is 8.81. The van der Waals surface area contributed by atoms with Crippen molar-refractivity contribution >= 4 is 5.97 Å². The summed E-state index contributed by atoms with van der Waals surface area (Å²) in [5, 5.41) is 42.4. The Hall–Kier alpha value is -3.17. The van der Waals surface area contributed by atoms with Crippen LogP contribution in [0.5, 0.6) is 23.0 Å². The molecule has 4 heterocycles. The minimum Gasteiger partial charge on any atom is -0.504 e. The highest BCUT2D eigenvalue weighted by Crippen LogP contribution is 2.56. The maximum Gasteiger partial charge on any atom is 0.310 e. The number of esters is 1. The number of phenols is 1. The summed E-state index contributed by atoms with van der Waals surface area (Å²) in [7, 11) is 1.40. The maximum atomic E-state index is 13.4. The fraction of sp³-hybridized carbons (Fsp3) is 0.552. The second kappa shape index (κ2) is 10.5. The Morgan fingerprint density at radius 1 is 0.976 bits per heavy atom. The second-order valence-electron chi connectivity index (χ2n) is 11.1. The highest BCUT2D eigenvalue weighted by molar-refractivity contribution is 5.79. The molecule has 0 saturated carbocycles. The lowest BCUT2D eigenvalue weighted by atomic mass is 9.66. The molecule has 10 atom stereocenters. The Bertz CT molecular complexity index is 1350. The number of aliphatic hydroxyl groups is 3. The van der Waals surface area contributed by atoms with Gasteiger partial charge in [0.2, 0.25) is 6.79 Å². The Morgan fingerprint density at radius 2 is 1.74 bits per heavy atom. The van der Waals surface area contributed by atoms with Gasteiger partial charge in [-0.1, -0.05) is 0 Å². The molecule has 2 aromatic rings. The molecule has 3 saturated heterocycles. The zero-order valence-corrected chi connectivity index (χ0v) is 22.9. The van der Waals surface area contributed by atoms with Gasteiger partial charge in [0.15, 0.2) is 35.6 Å². The van der Waals surface area contributed by atoms with Crippen LogP contribution in [0, 0.1) is 11.8 Å². The van der Waals surface area contributed by atoms with Crippen LogP contribution in [0.4, 0.5) is 0 Å². The topological polar surface area (TPSA) is 172 Å². The molecule has 226 valence electrons. The van der Waals surface area contributed by atoms with Crippen LogP contribution in [-0.2, 0) is 35.1 Å². The lowest BCUT2D eigenvalue weighted by Crippen LogP contribution is -2.63. The Kier molecular flexibility index (Phi) is 6.93. The summed E-state index contributed by atoms with van der Waals surface area (Å²) in [5.41, 5.74) is 2.17. The molecule has 0 spiro atoms. The van der Waals surface area contributed by atoms with Crippen molar-refractivity contribution in [2.75, 3.05) is 27.1 Å². The number of carbonyl (C=O) groups is 1. The van der Waals surface area contributed by atoms with Crippen molar-refractivity contribution in [3.05, 3.63) is 46.5 Å². The second-order valence-corrected chi connectivity index (χ2v) is 11.1. The Balaban J connectivity index is 1.32. The van der Waals surface area contributed by atoms with Gasteiger partial charge in [0, 0.05) is 17.4 Å². The van der Waals surface area contributed by atoms with Crippen LogP contribution in [0.3, 0.4) is 0 Å². The number of carbonyl (C=O) groups excluding carboxylic acids is 1. The molecule has 0 bridgehead atoms. The third kappa shape index (κ3) is 4.30. The van der Waals surface area contributed by atoms with Crippen LogP contribution in [-0.4, -0.2) is 90.5 Å². The monoisotopic (exact) mass is 588 g/mol. The molecule has 4 N–H and O–H groups in total. The summed E-state index contributed by atoms with van der Waals surface area (Å²) in [5.74, 6) is -1.40. The van der Waals surface area contributed by atoms with Gasteiger partial charge >= 0.3 is 5.97 Å². The van der Waals surface area contributed by atoms with Gasteiger partial charge in [0.1, 0.15) is 24.4 Å². The number of ether oxygens (including phenoxy) is 8. The summed E-state index contributed by atoms with van der Waals surface area (Å²) < 4.78 is 46.0. The number of hydrogen-bond acceptors (Lipinski definition) is 13. The first kappa shape index (κ1) is 27.7. The molecule has 0 radical (unpaired) electrons. The Labute approximate surface area is 240 Å². The minimum absolute atomic E-state index is 0.0170. The quantitative estimate of drug-likeness (QED) is 0.362. The van der Waals surface area contributed by atoms with E-state index in [9.17, 15) is 25.2 Å². The van der Waals surface area contributed by atoms with Gasteiger partial charge in [-0.2, -0.15) is 0 Å². The highest BCUT2D eigenvalue weighted by atomic mass is 16.8. The van der Waals surface area contributed by atoms with Gasteiger partial charge in [-0.15, -0.1) is 0 Å². The zero-order chi connectivity index (χ0) is 29.3. The number of hydrogen-bond donors (Lipinski definition) is 4. The summed E-state index contributed by atoms with van der Waals surface area (Å²) in [6.07, 6.45) is -6.87. The van der Waals surface area contributed by atoms with E-state index in [1.54, 1.807) is 31.2 Å². The van der Waals surface area contributed by atoms with E-state index >= 15 is 0 Å². The van der Waals surface area contributed by atoms with Crippen molar-refractivity contribution in [1.29, 1.82) is 0 Å². The smallest absolute Gasteiger partial charge is 0.310 e. The van der Waals surface area contributed by atoms with Crippen LogP contribution in [0.2, 0.25) is 0 Å². The van der Waals surface area contributed by atoms with Crippen LogP contribution in [0.25, 0.3) is 0 Å². The molecule has 7 rings (SSSR count). The molecular weight excluding hydrogens is 556 g/mol. The molecule has 10 unspecified atom stereocenters. The van der Waals surface area contributed by atoms with Crippen molar-refractivity contribution in [2.24, 2.45) is 11.8 Å². The fourth-order valence-electron chi connectivity index (χ4n) is 6.79. The zero-order valence-electron chi connectivity index (χ0n) is 22.9. The molecule has 0 amide bonds. The predicted molar refractivity (Wildman–Crippen MR) is 138 cm³/mol. The molecule has 42 heavy (non-hydrogen) atoms. The van der Waals surface area contributed by atoms with E-state index in [4.69, 9.17) is 37.9 Å². The van der Waals surface area contributed by atoms with Crippen molar-refractivity contribution < 1.29 is 63.1 Å². The van der Waals surface area contributed by atoms with E-state index in [0.29, 0.717) is 28.2 Å². The lowest BCUT2D eigenvalue weighted by molar-refractivity contribution is -0.364. The molecule has 2 aromatic carbocycles. The van der Waals surface area contributed by atoms with Gasteiger partial charge in [-0.3, -0.25) is 4.79 Å². The van der Waals surface area contributed by atoms with Crippen molar-refractivity contribution in [1.82, 2.24) is 0 Å². The van der Waals surface area contributed by atoms with E-state index in [2.05, 4.69) is 0 Å². The Morgan fingerprint density at radius 3 is 2.48 bits per heavy atom. The first-order valence-electron chi connectivity index (χ1n) is 13.8. The first-order chi connectivity index (χ1) is 20.3. The van der Waals surface area contributed by atoms with Crippen molar-refractivity contribution in [3.63, 3.8) is 0 Å². The largest absolute Gasteiger partial charge is 0.504 e. The van der Waals surface area contributed by atoms with Crippen molar-refractivity contribution in [3.8, 4) is 23.0 Å². The highest BCUT2D eigenvalue weighted by Gasteiger charge is 2.56. The number of aromatic hydroxyl groups is 1. The van der Waals surface area contributed by atoms with Crippen LogP contribution in [0.1, 0.15) is 41.2 Å². The summed E-state index contributed by atoms with van der Waals surface area (Å²) >= 11 is 0. The van der Waals surface area contributed by atoms with E-state index < -0.39 is 73.4 Å². The SMILES string of the molecule is COc1cc(C2c3cc4c(cc3C(OC3OC5COC(C)OC5C(O)C3O)C3COC(=O)C23)OCO4)cc(CO)c1O. The standard InChI is InChI=1S/C29H32O13/c1-11-36-9-20-27(40-11)24(32)25(33)29(41-20)42-26-15-6-18-17(38-10-39-18)5-14(15)21(22-16(26)8-37-28(22)34)12-3-13(7-30)23(31)19(4-12)35-2/h3-6,11,16,20-22,24-27,29-33H,7-10H2,1-2H3. The molecule has 13 nitrogen and oxygen atoms in total. The van der Waals surface area contributed by atoms with Gasteiger partial charge in [0.25, 0.3) is 0 Å². The maximum absolute atomic E-state index is 13.4. The number of rotatable bonds is 5. The number of aliphatic hydroxyl groups excluding tert-OH is 3. The van der Waals surface area contributed by atoms with E-state index in [-0.39, 0.29) is 37.1 Å². The van der Waals surface area contributed by atoms with E-state index in [0.717, 1.165) is 0 Å².